The lowest BCUT2D eigenvalue weighted by atomic mass is 9.80. The van der Waals surface area contributed by atoms with Crippen LogP contribution in [0.4, 0.5) is 0 Å². The zero-order chi connectivity index (χ0) is 23.5. The molecule has 0 atom stereocenters. The van der Waals surface area contributed by atoms with E-state index in [-0.39, 0.29) is 11.1 Å². The second-order valence-corrected chi connectivity index (χ2v) is 7.89. The van der Waals surface area contributed by atoms with E-state index in [0.717, 1.165) is 33.4 Å². The number of hydrogen-bond donors (Lipinski definition) is 2. The van der Waals surface area contributed by atoms with Gasteiger partial charge in [0.1, 0.15) is 0 Å². The second-order valence-electron chi connectivity index (χ2n) is 7.89. The van der Waals surface area contributed by atoms with Crippen molar-refractivity contribution in [3.63, 3.8) is 0 Å². The Kier molecular flexibility index (Phi) is 6.09. The summed E-state index contributed by atoms with van der Waals surface area (Å²) in [6, 6.07) is 25.9. The van der Waals surface area contributed by atoms with Gasteiger partial charge in [-0.2, -0.15) is 0 Å². The summed E-state index contributed by atoms with van der Waals surface area (Å²) < 4.78 is 0. The zero-order valence-electron chi connectivity index (χ0n) is 18.5. The molecule has 0 spiro atoms. The molecule has 0 aromatic heterocycles. The van der Waals surface area contributed by atoms with Crippen molar-refractivity contribution in [2.45, 2.75) is 20.3 Å². The quantitative estimate of drug-likeness (QED) is 0.343. The first-order valence-corrected chi connectivity index (χ1v) is 10.8. The topological polar surface area (TPSA) is 74.6 Å². The molecule has 4 aromatic rings. The molecule has 4 rings (SSSR count). The van der Waals surface area contributed by atoms with Crippen molar-refractivity contribution in [2.24, 2.45) is 0 Å². The molecular formula is C29H24O4. The molecule has 4 nitrogen and oxygen atoms in total. The van der Waals surface area contributed by atoms with Gasteiger partial charge in [-0.15, -0.1) is 0 Å². The van der Waals surface area contributed by atoms with Gasteiger partial charge in [-0.25, -0.2) is 9.59 Å². The number of aryl methyl sites for hydroxylation is 1. The number of hydrogen-bond acceptors (Lipinski definition) is 2. The fraction of sp³-hybridized carbons (Fsp3) is 0.103. The molecule has 2 N–H and O–H groups in total. The first-order chi connectivity index (χ1) is 15.9. The van der Waals surface area contributed by atoms with Crippen molar-refractivity contribution in [3.8, 4) is 33.4 Å². The van der Waals surface area contributed by atoms with Crippen LogP contribution >= 0.6 is 0 Å². The number of carboxylic acid groups (broad SMARTS) is 2. The molecule has 4 heteroatoms. The molecular weight excluding hydrogens is 412 g/mol. The molecule has 4 aromatic carbocycles. The summed E-state index contributed by atoms with van der Waals surface area (Å²) in [4.78, 5) is 24.2. The fourth-order valence-electron chi connectivity index (χ4n) is 4.52. The van der Waals surface area contributed by atoms with Crippen LogP contribution in [0.3, 0.4) is 0 Å². The minimum Gasteiger partial charge on any atom is -0.478 e. The number of aromatic carboxylic acids is 2. The van der Waals surface area contributed by atoms with Gasteiger partial charge in [-0.3, -0.25) is 0 Å². The molecule has 0 aliphatic rings. The van der Waals surface area contributed by atoms with Crippen molar-refractivity contribution in [1.29, 1.82) is 0 Å². The Hall–Kier alpha value is -4.18. The van der Waals surface area contributed by atoms with Crippen molar-refractivity contribution in [3.05, 3.63) is 107 Å². The zero-order valence-corrected chi connectivity index (χ0v) is 18.5. The number of rotatable bonds is 6. The van der Waals surface area contributed by atoms with Crippen LogP contribution in [0.2, 0.25) is 0 Å². The third kappa shape index (κ3) is 4.03. The predicted molar refractivity (Wildman–Crippen MR) is 131 cm³/mol. The van der Waals surface area contributed by atoms with E-state index in [0.29, 0.717) is 17.5 Å². The van der Waals surface area contributed by atoms with Crippen LogP contribution in [0.5, 0.6) is 0 Å². The molecule has 0 aliphatic heterocycles. The van der Waals surface area contributed by atoms with E-state index in [2.05, 4.69) is 6.07 Å². The molecule has 0 unspecified atom stereocenters. The number of carboxylic acids is 2. The Balaban J connectivity index is 2.20. The van der Waals surface area contributed by atoms with E-state index in [9.17, 15) is 19.8 Å². The van der Waals surface area contributed by atoms with E-state index in [1.54, 1.807) is 36.4 Å². The smallest absolute Gasteiger partial charge is 0.336 e. The summed E-state index contributed by atoms with van der Waals surface area (Å²) in [6.07, 6.45) is 0.649. The number of benzene rings is 4. The van der Waals surface area contributed by atoms with Crippen LogP contribution in [0.25, 0.3) is 33.4 Å². The lowest BCUT2D eigenvalue weighted by Crippen LogP contribution is -2.06. The molecule has 0 heterocycles. The third-order valence-corrected chi connectivity index (χ3v) is 5.92. The number of carbonyl (C=O) groups is 2. The van der Waals surface area contributed by atoms with Crippen LogP contribution in [0.1, 0.15) is 38.8 Å². The molecule has 0 fully saturated rings. The Morgan fingerprint density at radius 1 is 0.667 bits per heavy atom. The van der Waals surface area contributed by atoms with Crippen molar-refractivity contribution < 1.29 is 19.8 Å². The van der Waals surface area contributed by atoms with Gasteiger partial charge in [0.2, 0.25) is 0 Å². The van der Waals surface area contributed by atoms with Gasteiger partial charge < -0.3 is 10.2 Å². The lowest BCUT2D eigenvalue weighted by Gasteiger charge is -2.23. The van der Waals surface area contributed by atoms with Crippen LogP contribution in [-0.4, -0.2) is 22.2 Å². The molecule has 33 heavy (non-hydrogen) atoms. The van der Waals surface area contributed by atoms with Crippen molar-refractivity contribution >= 4 is 11.9 Å². The van der Waals surface area contributed by atoms with E-state index in [1.807, 2.05) is 56.3 Å². The van der Waals surface area contributed by atoms with Crippen LogP contribution in [-0.2, 0) is 6.42 Å². The normalized spacial score (nSPS) is 10.7. The standard InChI is InChI=1S/C29H24O4/c1-3-20-25(19-11-5-4-6-12-19)17-18(2)26(21-13-7-9-15-23(21)28(30)31)27(20)22-14-8-10-16-24(22)29(32)33/h4-17H,3H2,1-2H3,(H,30,31)(H,32,33). The SMILES string of the molecule is CCc1c(-c2ccccc2)cc(C)c(-c2ccccc2C(=O)O)c1-c1ccccc1C(=O)O. The maximum Gasteiger partial charge on any atom is 0.336 e. The molecule has 0 saturated heterocycles. The second kappa shape index (κ2) is 9.13. The molecule has 0 saturated carbocycles. The van der Waals surface area contributed by atoms with Gasteiger partial charge in [0, 0.05) is 0 Å². The summed E-state index contributed by atoms with van der Waals surface area (Å²) in [7, 11) is 0. The van der Waals surface area contributed by atoms with E-state index in [1.165, 1.54) is 0 Å². The summed E-state index contributed by atoms with van der Waals surface area (Å²) in [5, 5.41) is 19.8. The molecule has 0 radical (unpaired) electrons. The van der Waals surface area contributed by atoms with E-state index in [4.69, 9.17) is 0 Å². The van der Waals surface area contributed by atoms with Gasteiger partial charge in [0.05, 0.1) is 11.1 Å². The summed E-state index contributed by atoms with van der Waals surface area (Å²) in [5.74, 6) is -2.04. The monoisotopic (exact) mass is 436 g/mol. The predicted octanol–water partition coefficient (Wildman–Crippen LogP) is 6.95. The first kappa shape index (κ1) is 22.0. The molecule has 0 bridgehead atoms. The highest BCUT2D eigenvalue weighted by Crippen LogP contribution is 2.44. The van der Waals surface area contributed by atoms with Gasteiger partial charge in [-0.1, -0.05) is 79.7 Å². The Labute approximate surface area is 192 Å². The first-order valence-electron chi connectivity index (χ1n) is 10.8. The fourth-order valence-corrected chi connectivity index (χ4v) is 4.52. The van der Waals surface area contributed by atoms with Crippen molar-refractivity contribution in [2.75, 3.05) is 0 Å². The Morgan fingerprint density at radius 2 is 1.15 bits per heavy atom. The average molecular weight is 437 g/mol. The highest BCUT2D eigenvalue weighted by Gasteiger charge is 2.24. The van der Waals surface area contributed by atoms with Gasteiger partial charge >= 0.3 is 11.9 Å². The lowest BCUT2D eigenvalue weighted by molar-refractivity contribution is 0.0686. The summed E-state index contributed by atoms with van der Waals surface area (Å²) in [5.41, 5.74) is 6.96. The van der Waals surface area contributed by atoms with Crippen LogP contribution in [0, 0.1) is 6.92 Å². The van der Waals surface area contributed by atoms with Crippen LogP contribution < -0.4 is 0 Å². The average Bonchev–Trinajstić information content (AvgIpc) is 2.83. The highest BCUT2D eigenvalue weighted by atomic mass is 16.4. The Morgan fingerprint density at radius 3 is 1.67 bits per heavy atom. The maximum atomic E-state index is 12.2. The largest absolute Gasteiger partial charge is 0.478 e. The van der Waals surface area contributed by atoms with E-state index < -0.39 is 11.9 Å². The third-order valence-electron chi connectivity index (χ3n) is 5.92. The molecule has 0 amide bonds. The Bertz CT molecular complexity index is 1350. The minimum atomic E-state index is -1.02. The minimum absolute atomic E-state index is 0.184. The molecule has 164 valence electrons. The van der Waals surface area contributed by atoms with Gasteiger partial charge in [0.25, 0.3) is 0 Å². The van der Waals surface area contributed by atoms with Crippen molar-refractivity contribution in [1.82, 2.24) is 0 Å². The maximum absolute atomic E-state index is 12.2. The van der Waals surface area contributed by atoms with Gasteiger partial charge in [0.15, 0.2) is 0 Å². The highest BCUT2D eigenvalue weighted by molar-refractivity contribution is 6.05. The molecule has 0 aliphatic carbocycles. The van der Waals surface area contributed by atoms with Crippen LogP contribution in [0.15, 0.2) is 84.9 Å². The summed E-state index contributed by atoms with van der Waals surface area (Å²) in [6.45, 7) is 3.99. The summed E-state index contributed by atoms with van der Waals surface area (Å²) >= 11 is 0. The van der Waals surface area contributed by atoms with E-state index >= 15 is 0 Å². The van der Waals surface area contributed by atoms with Gasteiger partial charge in [-0.05, 0) is 70.0 Å².